The smallest absolute Gasteiger partial charge is 0.136 e. The number of nitriles is 1. The molecule has 0 unspecified atom stereocenters. The number of hydrogen-bond acceptors (Lipinski definition) is 3. The predicted octanol–water partition coefficient (Wildman–Crippen LogP) is 4.35. The minimum Gasteiger partial charge on any atom is -0.457 e. The summed E-state index contributed by atoms with van der Waals surface area (Å²) in [5.74, 6) is 1.32. The molecule has 0 saturated heterocycles. The SMILES string of the molecule is N#C/C(=C/C=C/c1ccc(-c2ccccc2Cl)o1)C(N)=S. The Morgan fingerprint density at radius 2 is 2.05 bits per heavy atom. The molecule has 1 heterocycles. The molecule has 2 aromatic rings. The van der Waals surface area contributed by atoms with E-state index in [-0.39, 0.29) is 10.6 Å². The van der Waals surface area contributed by atoms with Crippen molar-refractivity contribution >= 4 is 34.9 Å². The lowest BCUT2D eigenvalue weighted by Gasteiger charge is -1.98. The van der Waals surface area contributed by atoms with E-state index in [2.05, 4.69) is 0 Å². The lowest BCUT2D eigenvalue weighted by atomic mass is 10.2. The van der Waals surface area contributed by atoms with Crippen LogP contribution in [0.5, 0.6) is 0 Å². The fourth-order valence-electron chi connectivity index (χ4n) is 1.66. The lowest BCUT2D eigenvalue weighted by Crippen LogP contribution is -2.09. The molecule has 0 aliphatic heterocycles. The Morgan fingerprint density at radius 3 is 2.71 bits per heavy atom. The van der Waals surface area contributed by atoms with Gasteiger partial charge in [-0.1, -0.05) is 42.0 Å². The van der Waals surface area contributed by atoms with Gasteiger partial charge in [0.25, 0.3) is 0 Å². The van der Waals surface area contributed by atoms with Gasteiger partial charge in [-0.3, -0.25) is 0 Å². The fraction of sp³-hybridized carbons (Fsp3) is 0. The van der Waals surface area contributed by atoms with Crippen molar-refractivity contribution in [3.8, 4) is 17.4 Å². The van der Waals surface area contributed by atoms with Gasteiger partial charge in [-0.15, -0.1) is 0 Å². The quantitative estimate of drug-likeness (QED) is 0.394. The Labute approximate surface area is 132 Å². The van der Waals surface area contributed by atoms with E-state index >= 15 is 0 Å². The van der Waals surface area contributed by atoms with E-state index in [1.807, 2.05) is 36.4 Å². The van der Waals surface area contributed by atoms with Gasteiger partial charge in [0, 0.05) is 5.56 Å². The molecular formula is C16H11ClN2OS. The maximum atomic E-state index is 8.82. The van der Waals surface area contributed by atoms with Crippen LogP contribution < -0.4 is 5.73 Å². The van der Waals surface area contributed by atoms with E-state index in [1.165, 1.54) is 0 Å². The van der Waals surface area contributed by atoms with E-state index < -0.39 is 0 Å². The largest absolute Gasteiger partial charge is 0.457 e. The zero-order chi connectivity index (χ0) is 15.2. The van der Waals surface area contributed by atoms with Crippen LogP contribution in [0.3, 0.4) is 0 Å². The highest BCUT2D eigenvalue weighted by atomic mass is 35.5. The summed E-state index contributed by atoms with van der Waals surface area (Å²) in [6, 6.07) is 13.0. The molecule has 21 heavy (non-hydrogen) atoms. The second-order valence-electron chi connectivity index (χ2n) is 4.10. The molecule has 5 heteroatoms. The maximum Gasteiger partial charge on any atom is 0.136 e. The molecule has 104 valence electrons. The van der Waals surface area contributed by atoms with Crippen molar-refractivity contribution in [3.63, 3.8) is 0 Å². The van der Waals surface area contributed by atoms with Gasteiger partial charge in [-0.2, -0.15) is 5.26 Å². The summed E-state index contributed by atoms with van der Waals surface area (Å²) < 4.78 is 5.68. The second-order valence-corrected chi connectivity index (χ2v) is 4.94. The van der Waals surface area contributed by atoms with E-state index in [0.717, 1.165) is 5.56 Å². The van der Waals surface area contributed by atoms with Crippen molar-refractivity contribution in [3.05, 3.63) is 64.9 Å². The second kappa shape index (κ2) is 6.89. The van der Waals surface area contributed by atoms with Crippen LogP contribution in [0.1, 0.15) is 5.76 Å². The third-order valence-corrected chi connectivity index (χ3v) is 3.22. The van der Waals surface area contributed by atoms with Crippen LogP contribution in [0, 0.1) is 11.3 Å². The Hall–Kier alpha value is -2.35. The first kappa shape index (κ1) is 15.0. The molecule has 0 aliphatic rings. The fourth-order valence-corrected chi connectivity index (χ4v) is 2.00. The van der Waals surface area contributed by atoms with E-state index in [9.17, 15) is 0 Å². The first-order valence-electron chi connectivity index (χ1n) is 6.05. The standard InChI is InChI=1S/C16H11ClN2OS/c17-14-7-2-1-6-13(14)15-9-8-12(20-15)5-3-4-11(10-18)16(19)21/h1-9H,(H2,19,21)/b5-3+,11-4-. The summed E-state index contributed by atoms with van der Waals surface area (Å²) in [5, 5.41) is 9.45. The van der Waals surface area contributed by atoms with Gasteiger partial charge < -0.3 is 10.2 Å². The Morgan fingerprint density at radius 1 is 1.29 bits per heavy atom. The number of allylic oxidation sites excluding steroid dienone is 2. The number of nitrogens with zero attached hydrogens (tertiary/aromatic N) is 1. The Bertz CT molecular complexity index is 769. The highest BCUT2D eigenvalue weighted by Crippen LogP contribution is 2.29. The average molecular weight is 315 g/mol. The molecule has 0 fully saturated rings. The van der Waals surface area contributed by atoms with Gasteiger partial charge in [-0.05, 0) is 36.4 Å². The first-order valence-corrected chi connectivity index (χ1v) is 6.83. The first-order chi connectivity index (χ1) is 10.1. The monoisotopic (exact) mass is 314 g/mol. The molecule has 0 spiro atoms. The summed E-state index contributed by atoms with van der Waals surface area (Å²) in [5.41, 5.74) is 6.47. The molecule has 0 amide bonds. The number of halogens is 1. The maximum absolute atomic E-state index is 8.82. The molecule has 1 aromatic heterocycles. The average Bonchev–Trinajstić information content (AvgIpc) is 2.92. The minimum atomic E-state index is 0.0679. The molecule has 3 nitrogen and oxygen atoms in total. The molecule has 0 aliphatic carbocycles. The van der Waals surface area contributed by atoms with Crippen molar-refractivity contribution in [1.29, 1.82) is 5.26 Å². The number of hydrogen-bond donors (Lipinski definition) is 1. The van der Waals surface area contributed by atoms with Crippen molar-refractivity contribution in [2.75, 3.05) is 0 Å². The third-order valence-electron chi connectivity index (χ3n) is 2.68. The van der Waals surface area contributed by atoms with Crippen LogP contribution in [0.2, 0.25) is 5.02 Å². The van der Waals surface area contributed by atoms with Crippen LogP contribution >= 0.6 is 23.8 Å². The number of rotatable bonds is 4. The van der Waals surface area contributed by atoms with Gasteiger partial charge in [0.1, 0.15) is 22.6 Å². The van der Waals surface area contributed by atoms with Gasteiger partial charge in [0.05, 0.1) is 10.6 Å². The summed E-state index contributed by atoms with van der Waals surface area (Å²) >= 11 is 10.9. The predicted molar refractivity (Wildman–Crippen MR) is 88.7 cm³/mol. The van der Waals surface area contributed by atoms with Crippen LogP contribution in [-0.4, -0.2) is 4.99 Å². The molecule has 2 N–H and O–H groups in total. The molecule has 1 aromatic carbocycles. The van der Waals surface area contributed by atoms with E-state index in [4.69, 9.17) is 39.2 Å². The molecule has 0 bridgehead atoms. The van der Waals surface area contributed by atoms with E-state index in [0.29, 0.717) is 16.5 Å². The number of thiocarbonyl (C=S) groups is 1. The van der Waals surface area contributed by atoms with Gasteiger partial charge in [0.2, 0.25) is 0 Å². The number of nitrogens with two attached hydrogens (primary N) is 1. The van der Waals surface area contributed by atoms with E-state index in [1.54, 1.807) is 24.3 Å². The molecule has 0 atom stereocenters. The normalized spacial score (nSPS) is 11.5. The molecule has 0 radical (unpaired) electrons. The van der Waals surface area contributed by atoms with Crippen LogP contribution in [-0.2, 0) is 0 Å². The highest BCUT2D eigenvalue weighted by molar-refractivity contribution is 7.80. The van der Waals surface area contributed by atoms with Crippen LogP contribution in [0.25, 0.3) is 17.4 Å². The topological polar surface area (TPSA) is 63.0 Å². The third kappa shape index (κ3) is 3.82. The van der Waals surface area contributed by atoms with Gasteiger partial charge >= 0.3 is 0 Å². The lowest BCUT2D eigenvalue weighted by molar-refractivity contribution is 0.572. The van der Waals surface area contributed by atoms with Crippen molar-refractivity contribution in [2.24, 2.45) is 5.73 Å². The minimum absolute atomic E-state index is 0.0679. The highest BCUT2D eigenvalue weighted by Gasteiger charge is 2.06. The summed E-state index contributed by atoms with van der Waals surface area (Å²) in [4.78, 5) is 0.0679. The summed E-state index contributed by atoms with van der Waals surface area (Å²) in [6.45, 7) is 0. The molecular weight excluding hydrogens is 304 g/mol. The van der Waals surface area contributed by atoms with Gasteiger partial charge in [0.15, 0.2) is 0 Å². The van der Waals surface area contributed by atoms with Crippen molar-refractivity contribution in [1.82, 2.24) is 0 Å². The van der Waals surface area contributed by atoms with Crippen molar-refractivity contribution < 1.29 is 4.42 Å². The summed E-state index contributed by atoms with van der Waals surface area (Å²) in [6.07, 6.45) is 4.92. The zero-order valence-electron chi connectivity index (χ0n) is 10.9. The van der Waals surface area contributed by atoms with Crippen LogP contribution in [0.15, 0.2) is 58.5 Å². The molecule has 2 rings (SSSR count). The zero-order valence-corrected chi connectivity index (χ0v) is 12.5. The number of benzene rings is 1. The Balaban J connectivity index is 2.20. The number of furan rings is 1. The molecule has 0 saturated carbocycles. The summed E-state index contributed by atoms with van der Waals surface area (Å²) in [7, 11) is 0. The van der Waals surface area contributed by atoms with Gasteiger partial charge in [-0.25, -0.2) is 0 Å². The van der Waals surface area contributed by atoms with Crippen molar-refractivity contribution in [2.45, 2.75) is 0 Å². The van der Waals surface area contributed by atoms with Crippen LogP contribution in [0.4, 0.5) is 0 Å². The Kier molecular flexibility index (Phi) is 4.94.